The number of carboxylic acids is 1. The zero-order valence-corrected chi connectivity index (χ0v) is 13.9. The Labute approximate surface area is 146 Å². The fourth-order valence-corrected chi connectivity index (χ4v) is 3.76. The zero-order chi connectivity index (χ0) is 17.4. The first-order chi connectivity index (χ1) is 12.1. The number of aromatic nitrogens is 2. The molecule has 2 atom stereocenters. The van der Waals surface area contributed by atoms with Gasteiger partial charge in [0, 0.05) is 11.9 Å². The summed E-state index contributed by atoms with van der Waals surface area (Å²) in [5.74, 6) is -0.646. The van der Waals surface area contributed by atoms with Gasteiger partial charge in [-0.05, 0) is 54.6 Å². The molecule has 5 nitrogen and oxygen atoms in total. The number of nitrogens with two attached hydrogens (primary N) is 1. The summed E-state index contributed by atoms with van der Waals surface area (Å²) in [7, 11) is 0. The summed E-state index contributed by atoms with van der Waals surface area (Å²) in [6, 6.07) is 14.4. The molecule has 1 aromatic heterocycles. The van der Waals surface area contributed by atoms with Crippen molar-refractivity contribution in [3.05, 3.63) is 60.7 Å². The van der Waals surface area contributed by atoms with Crippen LogP contribution in [0.5, 0.6) is 0 Å². The monoisotopic (exact) mass is 335 g/mol. The molecular formula is C20H21N3O2. The Morgan fingerprint density at radius 3 is 2.84 bits per heavy atom. The lowest BCUT2D eigenvalue weighted by Gasteiger charge is -2.09. The normalized spacial score (nSPS) is 22.2. The van der Waals surface area contributed by atoms with Crippen LogP contribution in [0.3, 0.4) is 0 Å². The van der Waals surface area contributed by atoms with E-state index in [0.717, 1.165) is 23.9 Å². The van der Waals surface area contributed by atoms with E-state index in [4.69, 9.17) is 5.73 Å². The lowest BCUT2D eigenvalue weighted by Crippen LogP contribution is -2.23. The molecular weight excluding hydrogens is 314 g/mol. The zero-order valence-electron chi connectivity index (χ0n) is 13.9. The molecule has 0 amide bonds. The highest BCUT2D eigenvalue weighted by atomic mass is 16.4. The quantitative estimate of drug-likeness (QED) is 0.725. The fraction of sp³-hybridized carbons (Fsp3) is 0.300. The van der Waals surface area contributed by atoms with Crippen molar-refractivity contribution < 1.29 is 9.90 Å². The molecule has 3 aromatic rings. The van der Waals surface area contributed by atoms with Gasteiger partial charge in [0.2, 0.25) is 0 Å². The summed E-state index contributed by atoms with van der Waals surface area (Å²) in [6.45, 7) is 0.595. The average molecular weight is 335 g/mol. The number of fused-ring (bicyclic) bond motifs is 1. The number of hydrogen-bond donors (Lipinski definition) is 2. The minimum absolute atomic E-state index is 0.133. The van der Waals surface area contributed by atoms with Gasteiger partial charge in [0.05, 0.1) is 12.0 Å². The molecule has 2 unspecified atom stereocenters. The number of imidazole rings is 1. The standard InChI is InChI=1S/C20H21N3O2/c21-9-3-6-16-11-20(16,19(24)25)18-12-23(13-22-18)17-8-7-14-4-1-2-5-15(14)10-17/h1-2,4-5,7-8,10,12-13,16H,3,6,9,11,21H2,(H,24,25). The third kappa shape index (κ3) is 2.61. The average Bonchev–Trinajstić information content (AvgIpc) is 3.16. The molecule has 128 valence electrons. The summed E-state index contributed by atoms with van der Waals surface area (Å²) < 4.78 is 1.91. The van der Waals surface area contributed by atoms with Crippen molar-refractivity contribution in [1.29, 1.82) is 0 Å². The predicted molar refractivity (Wildman–Crippen MR) is 96.8 cm³/mol. The summed E-state index contributed by atoms with van der Waals surface area (Å²) in [4.78, 5) is 16.3. The molecule has 4 rings (SSSR count). The fourth-order valence-electron chi connectivity index (χ4n) is 3.76. The molecule has 0 radical (unpaired) electrons. The van der Waals surface area contributed by atoms with Crippen LogP contribution in [0.2, 0.25) is 0 Å². The molecule has 0 saturated heterocycles. The molecule has 1 fully saturated rings. The lowest BCUT2D eigenvalue weighted by atomic mass is 9.98. The van der Waals surface area contributed by atoms with Gasteiger partial charge in [-0.15, -0.1) is 0 Å². The first-order valence-electron chi connectivity index (χ1n) is 8.62. The number of carbonyl (C=O) groups is 1. The van der Waals surface area contributed by atoms with Crippen molar-refractivity contribution in [2.75, 3.05) is 6.54 Å². The molecule has 1 heterocycles. The first-order valence-corrected chi connectivity index (χ1v) is 8.62. The Balaban J connectivity index is 1.66. The molecule has 1 saturated carbocycles. The van der Waals surface area contributed by atoms with Gasteiger partial charge in [0.25, 0.3) is 0 Å². The van der Waals surface area contributed by atoms with E-state index in [0.29, 0.717) is 18.7 Å². The van der Waals surface area contributed by atoms with Crippen LogP contribution in [0.25, 0.3) is 16.5 Å². The number of carboxylic acid groups (broad SMARTS) is 1. The van der Waals surface area contributed by atoms with E-state index >= 15 is 0 Å². The maximum atomic E-state index is 11.9. The number of rotatable bonds is 6. The molecule has 0 aliphatic heterocycles. The van der Waals surface area contributed by atoms with Crippen molar-refractivity contribution >= 4 is 16.7 Å². The van der Waals surface area contributed by atoms with Crippen LogP contribution in [0.1, 0.15) is 25.0 Å². The van der Waals surface area contributed by atoms with E-state index in [9.17, 15) is 9.90 Å². The van der Waals surface area contributed by atoms with Crippen LogP contribution in [0.4, 0.5) is 0 Å². The van der Waals surface area contributed by atoms with Gasteiger partial charge in [0.15, 0.2) is 0 Å². The van der Waals surface area contributed by atoms with Crippen molar-refractivity contribution in [2.24, 2.45) is 11.7 Å². The van der Waals surface area contributed by atoms with Gasteiger partial charge in [-0.1, -0.05) is 30.3 Å². The molecule has 0 bridgehead atoms. The van der Waals surface area contributed by atoms with Gasteiger partial charge in [-0.2, -0.15) is 0 Å². The van der Waals surface area contributed by atoms with E-state index in [1.165, 1.54) is 5.39 Å². The molecule has 0 spiro atoms. The predicted octanol–water partition coefficient (Wildman–Crippen LogP) is 3.11. The van der Waals surface area contributed by atoms with Gasteiger partial charge < -0.3 is 15.4 Å². The summed E-state index contributed by atoms with van der Waals surface area (Å²) in [5, 5.41) is 12.1. The highest BCUT2D eigenvalue weighted by Gasteiger charge is 2.62. The van der Waals surface area contributed by atoms with E-state index in [1.807, 2.05) is 29.0 Å². The van der Waals surface area contributed by atoms with E-state index < -0.39 is 11.4 Å². The maximum Gasteiger partial charge on any atom is 0.316 e. The first kappa shape index (κ1) is 15.8. The Morgan fingerprint density at radius 1 is 1.28 bits per heavy atom. The van der Waals surface area contributed by atoms with Crippen LogP contribution in [0, 0.1) is 5.92 Å². The lowest BCUT2D eigenvalue weighted by molar-refractivity contribution is -0.140. The third-order valence-corrected chi connectivity index (χ3v) is 5.31. The van der Waals surface area contributed by atoms with E-state index in [1.54, 1.807) is 6.33 Å². The Morgan fingerprint density at radius 2 is 2.08 bits per heavy atom. The SMILES string of the molecule is NCCCC1CC1(C(=O)O)c1cn(-c2ccc3ccccc3c2)cn1. The number of nitrogens with zero attached hydrogens (tertiary/aromatic N) is 2. The Hall–Kier alpha value is -2.66. The number of aliphatic carboxylic acids is 1. The molecule has 25 heavy (non-hydrogen) atoms. The van der Waals surface area contributed by atoms with Crippen LogP contribution in [-0.4, -0.2) is 27.2 Å². The highest BCUT2D eigenvalue weighted by Crippen LogP contribution is 2.56. The molecule has 5 heteroatoms. The van der Waals surface area contributed by atoms with Crippen LogP contribution >= 0.6 is 0 Å². The summed E-state index contributed by atoms with van der Waals surface area (Å²) in [5.41, 5.74) is 6.36. The van der Waals surface area contributed by atoms with E-state index in [2.05, 4.69) is 29.2 Å². The minimum Gasteiger partial charge on any atom is -0.481 e. The topological polar surface area (TPSA) is 81.1 Å². The van der Waals surface area contributed by atoms with Crippen molar-refractivity contribution in [1.82, 2.24) is 9.55 Å². The Kier molecular flexibility index (Phi) is 3.81. The number of hydrogen-bond acceptors (Lipinski definition) is 3. The third-order valence-electron chi connectivity index (χ3n) is 5.31. The van der Waals surface area contributed by atoms with Gasteiger partial charge >= 0.3 is 5.97 Å². The second kappa shape index (κ2) is 6.01. The second-order valence-corrected chi connectivity index (χ2v) is 6.81. The Bertz CT molecular complexity index is 933. The maximum absolute atomic E-state index is 11.9. The van der Waals surface area contributed by atoms with Gasteiger partial charge in [-0.25, -0.2) is 4.98 Å². The molecule has 1 aliphatic carbocycles. The summed E-state index contributed by atoms with van der Waals surface area (Å²) >= 11 is 0. The molecule has 2 aromatic carbocycles. The van der Waals surface area contributed by atoms with E-state index in [-0.39, 0.29) is 5.92 Å². The summed E-state index contributed by atoms with van der Waals surface area (Å²) in [6.07, 6.45) is 5.91. The number of benzene rings is 2. The smallest absolute Gasteiger partial charge is 0.316 e. The molecule has 1 aliphatic rings. The van der Waals surface area contributed by atoms with Crippen LogP contribution in [0.15, 0.2) is 55.0 Å². The van der Waals surface area contributed by atoms with Gasteiger partial charge in [0.1, 0.15) is 5.41 Å². The largest absolute Gasteiger partial charge is 0.481 e. The van der Waals surface area contributed by atoms with Crippen molar-refractivity contribution in [3.8, 4) is 5.69 Å². The van der Waals surface area contributed by atoms with Crippen LogP contribution < -0.4 is 5.73 Å². The highest BCUT2D eigenvalue weighted by molar-refractivity contribution is 5.86. The van der Waals surface area contributed by atoms with Gasteiger partial charge in [-0.3, -0.25) is 4.79 Å². The van der Waals surface area contributed by atoms with Crippen molar-refractivity contribution in [3.63, 3.8) is 0 Å². The molecule has 3 N–H and O–H groups in total. The minimum atomic E-state index is -0.836. The second-order valence-electron chi connectivity index (χ2n) is 6.81. The van der Waals surface area contributed by atoms with Crippen LogP contribution in [-0.2, 0) is 10.2 Å². The van der Waals surface area contributed by atoms with Crippen molar-refractivity contribution in [2.45, 2.75) is 24.7 Å².